The monoisotopic (exact) mass is 268 g/mol. The summed E-state index contributed by atoms with van der Waals surface area (Å²) in [6, 6.07) is 3.37. The van der Waals surface area contributed by atoms with Crippen LogP contribution in [0, 0.1) is 12.7 Å². The third-order valence-electron chi connectivity index (χ3n) is 2.99. The Labute approximate surface area is 112 Å². The van der Waals surface area contributed by atoms with Crippen LogP contribution in [-0.2, 0) is 12.0 Å². The molecule has 0 spiro atoms. The molecule has 0 atom stereocenters. The first-order valence-electron chi connectivity index (χ1n) is 6.08. The van der Waals surface area contributed by atoms with Crippen LogP contribution in [0.4, 0.5) is 4.39 Å². The Morgan fingerprint density at radius 1 is 1.33 bits per heavy atom. The van der Waals surface area contributed by atoms with Crippen LogP contribution >= 0.6 is 11.6 Å². The van der Waals surface area contributed by atoms with Crippen LogP contribution in [0.25, 0.3) is 11.0 Å². The predicted octanol–water partition coefficient (Wildman–Crippen LogP) is 4.02. The molecule has 0 aliphatic heterocycles. The molecule has 0 unspecified atom stereocenters. The molecule has 0 radical (unpaired) electrons. The first-order chi connectivity index (χ1) is 8.34. The van der Waals surface area contributed by atoms with Gasteiger partial charge in [0.2, 0.25) is 0 Å². The standard InChI is InChI=1S/C14H18ClFN2/c1-9-7-12-11(8-10(9)16)17-13(5-6-15)18(12)14(2,3)4/h7-8H,5-6H2,1-4H3. The Hall–Kier alpha value is -1.09. The molecule has 1 heterocycles. The van der Waals surface area contributed by atoms with E-state index in [9.17, 15) is 4.39 Å². The van der Waals surface area contributed by atoms with Crippen molar-refractivity contribution >= 4 is 22.6 Å². The first kappa shape index (κ1) is 13.3. The fraction of sp³-hybridized carbons (Fsp3) is 0.500. The predicted molar refractivity (Wildman–Crippen MR) is 73.8 cm³/mol. The Balaban J connectivity index is 2.77. The number of rotatable bonds is 2. The normalized spacial score (nSPS) is 12.3. The topological polar surface area (TPSA) is 17.8 Å². The molecule has 1 aromatic heterocycles. The van der Waals surface area contributed by atoms with Gasteiger partial charge >= 0.3 is 0 Å². The third-order valence-corrected chi connectivity index (χ3v) is 3.18. The number of alkyl halides is 1. The molecular formula is C14H18ClFN2. The SMILES string of the molecule is Cc1cc2c(cc1F)nc(CCCl)n2C(C)(C)C. The molecule has 2 nitrogen and oxygen atoms in total. The molecule has 2 aromatic rings. The van der Waals surface area contributed by atoms with Crippen molar-refractivity contribution in [3.05, 3.63) is 29.3 Å². The van der Waals surface area contributed by atoms with E-state index >= 15 is 0 Å². The average Bonchev–Trinajstić information content (AvgIpc) is 2.56. The van der Waals surface area contributed by atoms with Gasteiger partial charge in [-0.25, -0.2) is 9.37 Å². The van der Waals surface area contributed by atoms with Gasteiger partial charge in [0.15, 0.2) is 0 Å². The van der Waals surface area contributed by atoms with Crippen LogP contribution in [0.1, 0.15) is 32.2 Å². The fourth-order valence-electron chi connectivity index (χ4n) is 2.25. The van der Waals surface area contributed by atoms with Gasteiger partial charge in [0.25, 0.3) is 0 Å². The van der Waals surface area contributed by atoms with E-state index in [1.807, 2.05) is 6.07 Å². The summed E-state index contributed by atoms with van der Waals surface area (Å²) < 4.78 is 15.7. The molecule has 0 bridgehead atoms. The first-order valence-corrected chi connectivity index (χ1v) is 6.62. The number of hydrogen-bond donors (Lipinski definition) is 0. The molecule has 18 heavy (non-hydrogen) atoms. The zero-order chi connectivity index (χ0) is 13.5. The molecule has 98 valence electrons. The van der Waals surface area contributed by atoms with Crippen molar-refractivity contribution in [2.24, 2.45) is 0 Å². The van der Waals surface area contributed by atoms with E-state index in [0.717, 1.165) is 11.3 Å². The van der Waals surface area contributed by atoms with E-state index < -0.39 is 0 Å². The van der Waals surface area contributed by atoms with Crippen LogP contribution in [0.2, 0.25) is 0 Å². The van der Waals surface area contributed by atoms with E-state index in [1.54, 1.807) is 6.92 Å². The second-order valence-electron chi connectivity index (χ2n) is 5.56. The average molecular weight is 269 g/mol. The lowest BCUT2D eigenvalue weighted by atomic mass is 10.1. The van der Waals surface area contributed by atoms with Crippen LogP contribution in [0.5, 0.6) is 0 Å². The van der Waals surface area contributed by atoms with Crippen LogP contribution in [-0.4, -0.2) is 15.4 Å². The number of benzene rings is 1. The lowest BCUT2D eigenvalue weighted by molar-refractivity contribution is 0.395. The maximum absolute atomic E-state index is 13.6. The van der Waals surface area contributed by atoms with Crippen molar-refractivity contribution in [2.75, 3.05) is 5.88 Å². The van der Waals surface area contributed by atoms with Crippen LogP contribution in [0.15, 0.2) is 12.1 Å². The maximum atomic E-state index is 13.6. The lowest BCUT2D eigenvalue weighted by Gasteiger charge is -2.24. The maximum Gasteiger partial charge on any atom is 0.128 e. The zero-order valence-electron chi connectivity index (χ0n) is 11.2. The van der Waals surface area contributed by atoms with Crippen molar-refractivity contribution in [2.45, 2.75) is 39.7 Å². The highest BCUT2D eigenvalue weighted by molar-refractivity contribution is 6.17. The van der Waals surface area contributed by atoms with Gasteiger partial charge in [0.1, 0.15) is 11.6 Å². The smallest absolute Gasteiger partial charge is 0.128 e. The Bertz CT molecular complexity index is 581. The molecule has 0 fully saturated rings. The van der Waals surface area contributed by atoms with Gasteiger partial charge in [-0.1, -0.05) is 0 Å². The third kappa shape index (κ3) is 2.24. The van der Waals surface area contributed by atoms with Crippen molar-refractivity contribution in [3.63, 3.8) is 0 Å². The number of hydrogen-bond acceptors (Lipinski definition) is 1. The van der Waals surface area contributed by atoms with Crippen molar-refractivity contribution < 1.29 is 4.39 Å². The van der Waals surface area contributed by atoms with E-state index in [4.69, 9.17) is 11.6 Å². The molecule has 0 aliphatic rings. The number of nitrogens with zero attached hydrogens (tertiary/aromatic N) is 2. The van der Waals surface area contributed by atoms with Crippen molar-refractivity contribution in [1.29, 1.82) is 0 Å². The molecule has 0 aliphatic carbocycles. The summed E-state index contributed by atoms with van der Waals surface area (Å²) in [7, 11) is 0. The molecule has 4 heteroatoms. The van der Waals surface area contributed by atoms with E-state index in [0.29, 0.717) is 23.4 Å². The molecule has 0 amide bonds. The number of halogens is 2. The number of aryl methyl sites for hydroxylation is 2. The van der Waals surface area contributed by atoms with Gasteiger partial charge in [0.05, 0.1) is 11.0 Å². The molecule has 0 saturated carbocycles. The Morgan fingerprint density at radius 2 is 2.00 bits per heavy atom. The van der Waals surface area contributed by atoms with E-state index in [2.05, 4.69) is 30.3 Å². The summed E-state index contributed by atoms with van der Waals surface area (Å²) in [6.07, 6.45) is 0.689. The summed E-state index contributed by atoms with van der Waals surface area (Å²) in [5.41, 5.74) is 2.22. The Kier molecular flexibility index (Phi) is 3.37. The minimum absolute atomic E-state index is 0.0968. The summed E-state index contributed by atoms with van der Waals surface area (Å²) in [6.45, 7) is 8.12. The molecular weight excluding hydrogens is 251 g/mol. The van der Waals surface area contributed by atoms with Gasteiger partial charge in [-0.05, 0) is 39.3 Å². The quantitative estimate of drug-likeness (QED) is 0.752. The fourth-order valence-corrected chi connectivity index (χ4v) is 2.42. The van der Waals surface area contributed by atoms with Crippen molar-refractivity contribution in [1.82, 2.24) is 9.55 Å². The van der Waals surface area contributed by atoms with Crippen LogP contribution in [0.3, 0.4) is 0 Å². The highest BCUT2D eigenvalue weighted by Crippen LogP contribution is 2.27. The van der Waals surface area contributed by atoms with Crippen molar-refractivity contribution in [3.8, 4) is 0 Å². The lowest BCUT2D eigenvalue weighted by Crippen LogP contribution is -2.24. The minimum Gasteiger partial charge on any atom is -0.323 e. The number of fused-ring (bicyclic) bond motifs is 1. The van der Waals surface area contributed by atoms with Gasteiger partial charge in [-0.2, -0.15) is 0 Å². The highest BCUT2D eigenvalue weighted by Gasteiger charge is 2.21. The van der Waals surface area contributed by atoms with E-state index in [-0.39, 0.29) is 11.4 Å². The van der Waals surface area contributed by atoms with Gasteiger partial charge in [-0.15, -0.1) is 11.6 Å². The molecule has 0 saturated heterocycles. The summed E-state index contributed by atoms with van der Waals surface area (Å²) in [4.78, 5) is 4.51. The second-order valence-corrected chi connectivity index (χ2v) is 5.94. The summed E-state index contributed by atoms with van der Waals surface area (Å²) >= 11 is 5.82. The molecule has 1 aromatic carbocycles. The number of aromatic nitrogens is 2. The minimum atomic E-state index is -0.210. The van der Waals surface area contributed by atoms with E-state index in [1.165, 1.54) is 6.07 Å². The van der Waals surface area contributed by atoms with Gasteiger partial charge < -0.3 is 4.57 Å². The number of imidazole rings is 1. The summed E-state index contributed by atoms with van der Waals surface area (Å²) in [5, 5.41) is 0. The molecule has 0 N–H and O–H groups in total. The van der Waals surface area contributed by atoms with Gasteiger partial charge in [0, 0.05) is 23.9 Å². The Morgan fingerprint density at radius 3 is 2.56 bits per heavy atom. The highest BCUT2D eigenvalue weighted by atomic mass is 35.5. The second kappa shape index (κ2) is 4.54. The van der Waals surface area contributed by atoms with Gasteiger partial charge in [-0.3, -0.25) is 0 Å². The summed E-state index contributed by atoms with van der Waals surface area (Å²) in [5.74, 6) is 1.22. The largest absolute Gasteiger partial charge is 0.323 e. The zero-order valence-corrected chi connectivity index (χ0v) is 12.0. The molecule has 2 rings (SSSR count). The van der Waals surface area contributed by atoms with Crippen LogP contribution < -0.4 is 0 Å².